The summed E-state index contributed by atoms with van der Waals surface area (Å²) in [6.07, 6.45) is -1.46. The Hall–Kier alpha value is -3.63. The summed E-state index contributed by atoms with van der Waals surface area (Å²) < 4.78 is 43.5. The predicted octanol–water partition coefficient (Wildman–Crippen LogP) is 2.92. The van der Waals surface area contributed by atoms with Gasteiger partial charge in [0.25, 0.3) is 17.5 Å². The number of benzene rings is 1. The number of amides is 1. The lowest BCUT2D eigenvalue weighted by Gasteiger charge is -2.48. The molecule has 11 heteroatoms. The lowest BCUT2D eigenvalue weighted by Crippen LogP contribution is -2.64. The van der Waals surface area contributed by atoms with Crippen LogP contribution in [0.2, 0.25) is 0 Å². The predicted molar refractivity (Wildman–Crippen MR) is 121 cm³/mol. The molecule has 34 heavy (non-hydrogen) atoms. The van der Waals surface area contributed by atoms with Gasteiger partial charge in [0.05, 0.1) is 22.5 Å². The Kier molecular flexibility index (Phi) is 5.74. The van der Waals surface area contributed by atoms with Crippen LogP contribution in [-0.4, -0.2) is 38.2 Å². The van der Waals surface area contributed by atoms with Gasteiger partial charge in [-0.2, -0.15) is 5.10 Å². The lowest BCUT2D eigenvalue weighted by molar-refractivity contribution is -0.138. The molecule has 4 rings (SSSR count). The zero-order valence-electron chi connectivity index (χ0n) is 19.1. The molecule has 1 atom stereocenters. The molecule has 1 aromatic carbocycles. The van der Waals surface area contributed by atoms with E-state index in [9.17, 15) is 27.6 Å². The summed E-state index contributed by atoms with van der Waals surface area (Å²) in [7, 11) is 1.42. The number of carbonyl (C=O) groups excluding carboxylic acids is 1. The Bertz CT molecular complexity index is 1410. The van der Waals surface area contributed by atoms with Gasteiger partial charge < -0.3 is 14.8 Å². The van der Waals surface area contributed by atoms with Crippen molar-refractivity contribution in [3.63, 3.8) is 0 Å². The third-order valence-electron chi connectivity index (χ3n) is 6.29. The molecule has 0 bridgehead atoms. The molecule has 1 saturated heterocycles. The van der Waals surface area contributed by atoms with E-state index in [2.05, 4.69) is 10.4 Å². The smallest absolute Gasteiger partial charge is 0.274 e. The number of hydrogen-bond acceptors (Lipinski definition) is 5. The third-order valence-corrected chi connectivity index (χ3v) is 6.29. The van der Waals surface area contributed by atoms with Gasteiger partial charge in [-0.15, -0.1) is 0 Å². The zero-order valence-corrected chi connectivity index (χ0v) is 19.1. The first-order chi connectivity index (χ1) is 15.9. The summed E-state index contributed by atoms with van der Waals surface area (Å²) in [6.45, 7) is 5.52. The van der Waals surface area contributed by atoms with E-state index in [-0.39, 0.29) is 22.7 Å². The number of alkyl halides is 2. The number of nitrogens with zero attached hydrogens (tertiary/aromatic N) is 4. The van der Waals surface area contributed by atoms with Crippen LogP contribution in [0.15, 0.2) is 40.1 Å². The standard InChI is InChI=1S/C23H24F3N5O3/c1-12(14-6-5-7-15(19(14)24)20(25)26)27-21-17-9-31(23(3)10-30(11-23)13(2)32)18(33)8-16(17)22(34)29(4)28-21/h5-9,12,20H,10-11H2,1-4H3,(H,27,28). The van der Waals surface area contributed by atoms with Crippen molar-refractivity contribution >= 4 is 22.5 Å². The Morgan fingerprint density at radius 3 is 2.44 bits per heavy atom. The van der Waals surface area contributed by atoms with E-state index in [1.165, 1.54) is 42.9 Å². The van der Waals surface area contributed by atoms with Crippen molar-refractivity contribution in [3.05, 3.63) is 68.1 Å². The number of likely N-dealkylation sites (tertiary alicyclic amines) is 1. The SMILES string of the molecule is CC(=O)N1CC(C)(n2cc3c(NC(C)c4cccc(C(F)F)c4F)nn(C)c(=O)c3cc2=O)C1. The van der Waals surface area contributed by atoms with E-state index < -0.39 is 40.5 Å². The van der Waals surface area contributed by atoms with Crippen LogP contribution in [-0.2, 0) is 17.4 Å². The van der Waals surface area contributed by atoms with Gasteiger partial charge in [-0.3, -0.25) is 14.4 Å². The Labute approximate surface area is 192 Å². The van der Waals surface area contributed by atoms with Crippen LogP contribution in [0, 0.1) is 5.82 Å². The summed E-state index contributed by atoms with van der Waals surface area (Å²) >= 11 is 0. The highest BCUT2D eigenvalue weighted by molar-refractivity contribution is 5.90. The van der Waals surface area contributed by atoms with Gasteiger partial charge in [0.1, 0.15) is 5.82 Å². The number of hydrogen-bond donors (Lipinski definition) is 1. The average Bonchev–Trinajstić information content (AvgIpc) is 2.74. The second kappa shape index (κ2) is 8.30. The average molecular weight is 475 g/mol. The van der Waals surface area contributed by atoms with Crippen molar-refractivity contribution in [2.75, 3.05) is 18.4 Å². The molecule has 3 aromatic rings. The maximum atomic E-state index is 14.7. The maximum Gasteiger partial charge on any atom is 0.274 e. The van der Waals surface area contributed by atoms with Crippen molar-refractivity contribution in [3.8, 4) is 0 Å². The van der Waals surface area contributed by atoms with Crippen LogP contribution < -0.4 is 16.4 Å². The molecule has 8 nitrogen and oxygen atoms in total. The minimum absolute atomic E-state index is 0.0120. The second-order valence-corrected chi connectivity index (χ2v) is 8.88. The fourth-order valence-corrected chi connectivity index (χ4v) is 4.36. The molecular weight excluding hydrogens is 451 g/mol. The number of fused-ring (bicyclic) bond motifs is 1. The van der Waals surface area contributed by atoms with Gasteiger partial charge in [-0.1, -0.05) is 18.2 Å². The maximum absolute atomic E-state index is 14.7. The molecule has 0 radical (unpaired) electrons. The fourth-order valence-electron chi connectivity index (χ4n) is 4.36. The molecular formula is C23H24F3N5O3. The van der Waals surface area contributed by atoms with E-state index in [1.54, 1.807) is 11.8 Å². The van der Waals surface area contributed by atoms with Crippen LogP contribution in [0.25, 0.3) is 10.8 Å². The zero-order chi connectivity index (χ0) is 24.9. The summed E-state index contributed by atoms with van der Waals surface area (Å²) in [5.41, 5.74) is -2.26. The van der Waals surface area contributed by atoms with Gasteiger partial charge >= 0.3 is 0 Å². The van der Waals surface area contributed by atoms with E-state index in [4.69, 9.17) is 0 Å². The Balaban J connectivity index is 1.80. The van der Waals surface area contributed by atoms with E-state index in [1.807, 2.05) is 6.92 Å². The molecule has 3 heterocycles. The number of aryl methyl sites for hydroxylation is 1. The highest BCUT2D eigenvalue weighted by Gasteiger charge is 2.42. The van der Waals surface area contributed by atoms with Crippen molar-refractivity contribution in [1.82, 2.24) is 19.2 Å². The molecule has 1 aliphatic rings. The largest absolute Gasteiger partial charge is 0.361 e. The van der Waals surface area contributed by atoms with Crippen molar-refractivity contribution in [2.24, 2.45) is 7.05 Å². The summed E-state index contributed by atoms with van der Waals surface area (Å²) in [5, 5.41) is 7.67. The molecule has 2 aromatic heterocycles. The molecule has 180 valence electrons. The number of rotatable bonds is 5. The molecule has 1 unspecified atom stereocenters. The highest BCUT2D eigenvalue weighted by atomic mass is 19.3. The van der Waals surface area contributed by atoms with Crippen LogP contribution in [0.1, 0.15) is 44.4 Å². The summed E-state index contributed by atoms with van der Waals surface area (Å²) in [5.74, 6) is -0.938. The monoisotopic (exact) mass is 475 g/mol. The molecule has 0 aliphatic carbocycles. The fraction of sp³-hybridized carbons (Fsp3) is 0.391. The number of nitrogens with one attached hydrogen (secondary N) is 1. The van der Waals surface area contributed by atoms with Gasteiger partial charge in [-0.25, -0.2) is 17.9 Å². The molecule has 0 saturated carbocycles. The first-order valence-electron chi connectivity index (χ1n) is 10.7. The first kappa shape index (κ1) is 23.5. The van der Waals surface area contributed by atoms with Gasteiger partial charge in [-0.05, 0) is 13.8 Å². The summed E-state index contributed by atoms with van der Waals surface area (Å²) in [4.78, 5) is 38.8. The van der Waals surface area contributed by atoms with Crippen LogP contribution in [0.5, 0.6) is 0 Å². The molecule has 1 aliphatic heterocycles. The van der Waals surface area contributed by atoms with E-state index in [0.29, 0.717) is 18.5 Å². The minimum Gasteiger partial charge on any atom is -0.361 e. The Morgan fingerprint density at radius 2 is 1.82 bits per heavy atom. The first-order valence-corrected chi connectivity index (χ1v) is 10.7. The van der Waals surface area contributed by atoms with Crippen LogP contribution in [0.4, 0.5) is 19.0 Å². The second-order valence-electron chi connectivity index (χ2n) is 8.88. The van der Waals surface area contributed by atoms with Crippen molar-refractivity contribution in [2.45, 2.75) is 38.8 Å². The van der Waals surface area contributed by atoms with Crippen molar-refractivity contribution in [1.29, 1.82) is 0 Å². The van der Waals surface area contributed by atoms with Crippen LogP contribution in [0.3, 0.4) is 0 Å². The Morgan fingerprint density at radius 1 is 1.18 bits per heavy atom. The number of aromatic nitrogens is 3. The number of anilines is 1. The quantitative estimate of drug-likeness (QED) is 0.613. The lowest BCUT2D eigenvalue weighted by atomic mass is 9.91. The van der Waals surface area contributed by atoms with E-state index >= 15 is 0 Å². The van der Waals surface area contributed by atoms with E-state index in [0.717, 1.165) is 10.7 Å². The number of pyridine rings is 1. The number of halogens is 3. The normalized spacial score (nSPS) is 15.9. The highest BCUT2D eigenvalue weighted by Crippen LogP contribution is 2.31. The van der Waals surface area contributed by atoms with Gasteiger partial charge in [0.15, 0.2) is 5.82 Å². The molecule has 1 fully saturated rings. The molecule has 1 amide bonds. The van der Waals surface area contributed by atoms with Gasteiger partial charge in [0, 0.05) is 50.3 Å². The number of carbonyl (C=O) groups is 1. The van der Waals surface area contributed by atoms with Gasteiger partial charge in [0.2, 0.25) is 5.91 Å². The summed E-state index contributed by atoms with van der Waals surface area (Å²) in [6, 6.07) is 4.21. The minimum atomic E-state index is -2.96. The topological polar surface area (TPSA) is 89.2 Å². The third kappa shape index (κ3) is 3.84. The van der Waals surface area contributed by atoms with Crippen LogP contribution >= 0.6 is 0 Å². The van der Waals surface area contributed by atoms with Crippen molar-refractivity contribution < 1.29 is 18.0 Å². The molecule has 0 spiro atoms. The molecule has 1 N–H and O–H groups in total.